The van der Waals surface area contributed by atoms with E-state index in [4.69, 9.17) is 0 Å². The first-order valence-corrected chi connectivity index (χ1v) is 11.7. The number of unbranched alkanes of at least 4 members (excludes halogenated alkanes) is 2. The van der Waals surface area contributed by atoms with Gasteiger partial charge in [0, 0.05) is 29.9 Å². The monoisotopic (exact) mass is 418 g/mol. The lowest BCUT2D eigenvalue weighted by molar-refractivity contribution is 0.301. The van der Waals surface area contributed by atoms with Gasteiger partial charge in [-0.25, -0.2) is 8.10 Å². The van der Waals surface area contributed by atoms with Crippen molar-refractivity contribution in [2.75, 3.05) is 26.2 Å². The predicted octanol–water partition coefficient (Wildman–Crippen LogP) is 5.88. The van der Waals surface area contributed by atoms with Gasteiger partial charge in [0.25, 0.3) is 0 Å². The Morgan fingerprint density at radius 3 is 2.03 bits per heavy atom. The van der Waals surface area contributed by atoms with Crippen molar-refractivity contribution in [3.63, 3.8) is 0 Å². The van der Waals surface area contributed by atoms with E-state index in [1.807, 2.05) is 55.3 Å². The van der Waals surface area contributed by atoms with Crippen LogP contribution in [0, 0.1) is 0 Å². The third-order valence-electron chi connectivity index (χ3n) is 5.36. The lowest BCUT2D eigenvalue weighted by Gasteiger charge is -2.39. The van der Waals surface area contributed by atoms with Gasteiger partial charge in [-0.05, 0) is 38.8 Å². The standard InChI is InChI=1S/C22H34N4O2S/c1-5-9-17-26(29(27)28,18-10-6-2)22-16-15-21(23-24-25(7-3)8-4)19-13-11-12-14-20(19)22/h11-16H,5-10,17-18H2,1-4H3. The van der Waals surface area contributed by atoms with Crippen molar-refractivity contribution in [2.45, 2.75) is 53.4 Å². The second-order valence-electron chi connectivity index (χ2n) is 7.24. The van der Waals surface area contributed by atoms with Crippen LogP contribution < -0.4 is 3.89 Å². The Morgan fingerprint density at radius 1 is 0.931 bits per heavy atom. The minimum Gasteiger partial charge on any atom is -0.724 e. The maximum absolute atomic E-state index is 12.6. The highest BCUT2D eigenvalue weighted by molar-refractivity contribution is 7.78. The minimum atomic E-state index is -2.27. The van der Waals surface area contributed by atoms with E-state index in [1.54, 1.807) is 0 Å². The number of hydrogen-bond acceptors (Lipinski definition) is 4. The number of fused-ring (bicyclic) bond motifs is 1. The van der Waals surface area contributed by atoms with E-state index in [2.05, 4.69) is 24.2 Å². The molecule has 2 aromatic rings. The predicted molar refractivity (Wildman–Crippen MR) is 122 cm³/mol. The summed E-state index contributed by atoms with van der Waals surface area (Å²) in [4.78, 5) is 0. The van der Waals surface area contributed by atoms with Gasteiger partial charge in [0.2, 0.25) is 0 Å². The first kappa shape index (κ1) is 23.4. The van der Waals surface area contributed by atoms with Crippen LogP contribution in [0.2, 0.25) is 0 Å². The second kappa shape index (κ2) is 11.4. The number of hydrogen-bond donors (Lipinski definition) is 0. The Labute approximate surface area is 177 Å². The van der Waals surface area contributed by atoms with Crippen molar-refractivity contribution in [3.05, 3.63) is 36.4 Å². The number of nitrogens with zero attached hydrogens (tertiary/aromatic N) is 4. The smallest absolute Gasteiger partial charge is 0.153 e. The quantitative estimate of drug-likeness (QED) is 0.187. The highest BCUT2D eigenvalue weighted by atomic mass is 32.2. The van der Waals surface area contributed by atoms with Crippen LogP contribution in [-0.4, -0.2) is 39.9 Å². The van der Waals surface area contributed by atoms with Crippen LogP contribution in [0.3, 0.4) is 0 Å². The molecule has 29 heavy (non-hydrogen) atoms. The molecule has 2 aromatic carbocycles. The molecule has 0 fully saturated rings. The zero-order chi connectivity index (χ0) is 21.3. The van der Waals surface area contributed by atoms with Gasteiger partial charge in [0.1, 0.15) is 0 Å². The van der Waals surface area contributed by atoms with Crippen molar-refractivity contribution >= 4 is 33.4 Å². The number of benzene rings is 2. The molecule has 0 N–H and O–H groups in total. The summed E-state index contributed by atoms with van der Waals surface area (Å²) in [5, 5.41) is 12.5. The third kappa shape index (κ3) is 5.41. The van der Waals surface area contributed by atoms with E-state index in [0.717, 1.165) is 60.9 Å². The summed E-state index contributed by atoms with van der Waals surface area (Å²) in [6.45, 7) is 11.0. The van der Waals surface area contributed by atoms with Gasteiger partial charge < -0.3 is 4.55 Å². The molecular formula is C22H34N4O2S. The fraction of sp³-hybridized carbons (Fsp3) is 0.545. The molecule has 0 spiro atoms. The third-order valence-corrected chi connectivity index (χ3v) is 6.49. The van der Waals surface area contributed by atoms with Crippen LogP contribution in [0.25, 0.3) is 10.8 Å². The van der Waals surface area contributed by atoms with Crippen molar-refractivity contribution in [1.82, 2.24) is 8.90 Å². The van der Waals surface area contributed by atoms with E-state index in [1.165, 1.54) is 0 Å². The average Bonchev–Trinajstić information content (AvgIpc) is 2.75. The Balaban J connectivity index is 2.64. The molecular weight excluding hydrogens is 384 g/mol. The van der Waals surface area contributed by atoms with E-state index in [-0.39, 0.29) is 3.89 Å². The molecule has 0 saturated heterocycles. The van der Waals surface area contributed by atoms with Gasteiger partial charge in [-0.2, -0.15) is 0 Å². The fourth-order valence-electron chi connectivity index (χ4n) is 3.58. The van der Waals surface area contributed by atoms with E-state index in [0.29, 0.717) is 13.1 Å². The molecule has 0 aromatic heterocycles. The second-order valence-corrected chi connectivity index (χ2v) is 8.37. The van der Waals surface area contributed by atoms with Crippen LogP contribution in [0.4, 0.5) is 11.4 Å². The lowest BCUT2D eigenvalue weighted by atomic mass is 10.1. The van der Waals surface area contributed by atoms with Gasteiger partial charge in [0.15, 0.2) is 17.0 Å². The van der Waals surface area contributed by atoms with Crippen LogP contribution in [0.15, 0.2) is 46.7 Å². The highest BCUT2D eigenvalue weighted by Crippen LogP contribution is 2.39. The summed E-state index contributed by atoms with van der Waals surface area (Å²) in [6.07, 6.45) is 3.62. The summed E-state index contributed by atoms with van der Waals surface area (Å²) in [5.74, 6) is 0. The van der Waals surface area contributed by atoms with Crippen molar-refractivity contribution in [3.8, 4) is 0 Å². The van der Waals surface area contributed by atoms with E-state index in [9.17, 15) is 8.76 Å². The van der Waals surface area contributed by atoms with E-state index < -0.39 is 11.3 Å². The molecule has 0 aliphatic rings. The molecule has 160 valence electrons. The molecule has 0 radical (unpaired) electrons. The Morgan fingerprint density at radius 2 is 1.52 bits per heavy atom. The van der Waals surface area contributed by atoms with Gasteiger partial charge in [0.05, 0.1) is 18.8 Å². The van der Waals surface area contributed by atoms with Crippen LogP contribution in [0.5, 0.6) is 0 Å². The summed E-state index contributed by atoms with van der Waals surface area (Å²) in [5.41, 5.74) is 1.59. The Bertz CT molecular complexity index is 829. The van der Waals surface area contributed by atoms with E-state index >= 15 is 0 Å². The molecule has 0 amide bonds. The molecule has 6 nitrogen and oxygen atoms in total. The molecule has 1 atom stereocenters. The summed E-state index contributed by atoms with van der Waals surface area (Å²) < 4.78 is 25.1. The fourth-order valence-corrected chi connectivity index (χ4v) is 4.46. The molecule has 0 heterocycles. The van der Waals surface area contributed by atoms with Crippen molar-refractivity contribution in [1.29, 1.82) is 0 Å². The molecule has 0 aliphatic carbocycles. The molecule has 1 unspecified atom stereocenters. The normalized spacial score (nSPS) is 13.3. The zero-order valence-corrected chi connectivity index (χ0v) is 19.0. The molecule has 0 bridgehead atoms. The molecule has 0 aliphatic heterocycles. The minimum absolute atomic E-state index is 0.0321. The number of quaternary nitrogens is 1. The number of rotatable bonds is 12. The molecule has 0 saturated carbocycles. The van der Waals surface area contributed by atoms with Crippen molar-refractivity contribution in [2.24, 2.45) is 10.3 Å². The lowest BCUT2D eigenvalue weighted by Crippen LogP contribution is -2.52. The van der Waals surface area contributed by atoms with Crippen LogP contribution >= 0.6 is 0 Å². The highest BCUT2D eigenvalue weighted by Gasteiger charge is 2.34. The summed E-state index contributed by atoms with van der Waals surface area (Å²) >= 11 is -2.27. The topological polar surface area (TPSA) is 68.1 Å². The summed E-state index contributed by atoms with van der Waals surface area (Å²) in [6, 6.07) is 11.8. The van der Waals surface area contributed by atoms with Crippen LogP contribution in [0.1, 0.15) is 53.4 Å². The molecule has 7 heteroatoms. The van der Waals surface area contributed by atoms with Gasteiger partial charge in [-0.1, -0.05) is 50.1 Å². The van der Waals surface area contributed by atoms with Gasteiger partial charge in [-0.15, -0.1) is 5.11 Å². The Kier molecular flexibility index (Phi) is 9.20. The SMILES string of the molecule is CCCC[N+](CCCC)(c1ccc(N=NN(CC)CC)c2ccccc12)S(=O)[O-]. The maximum Gasteiger partial charge on any atom is 0.153 e. The largest absolute Gasteiger partial charge is 0.724 e. The molecule has 2 rings (SSSR count). The Hall–Kier alpha value is -1.83. The van der Waals surface area contributed by atoms with Gasteiger partial charge >= 0.3 is 0 Å². The maximum atomic E-state index is 12.6. The van der Waals surface area contributed by atoms with Crippen molar-refractivity contribution < 1.29 is 8.76 Å². The first-order valence-electron chi connectivity index (χ1n) is 10.7. The zero-order valence-electron chi connectivity index (χ0n) is 18.1. The average molecular weight is 419 g/mol. The summed E-state index contributed by atoms with van der Waals surface area (Å²) in [7, 11) is 0. The first-order chi connectivity index (χ1) is 14.0. The van der Waals surface area contributed by atoms with Crippen LogP contribution in [-0.2, 0) is 11.3 Å². The van der Waals surface area contributed by atoms with Gasteiger partial charge in [-0.3, -0.25) is 5.01 Å².